The molecule has 1 aromatic carbocycles. The molecule has 0 spiro atoms. The number of hydrogen-bond donors (Lipinski definition) is 1. The Hall–Kier alpha value is -1.12. The minimum absolute atomic E-state index is 0.505. The van der Waals surface area contributed by atoms with Crippen molar-refractivity contribution in [2.24, 2.45) is 0 Å². The van der Waals surface area contributed by atoms with Gasteiger partial charge in [0.2, 0.25) is 0 Å². The SMILES string of the molecule is CCc1ccc(CC(NC)C(CC)c2ccccc2)s1. The van der Waals surface area contributed by atoms with Crippen LogP contribution in [0, 0.1) is 0 Å². The first-order chi connectivity index (χ1) is 9.78. The number of hydrogen-bond acceptors (Lipinski definition) is 2. The van der Waals surface area contributed by atoms with Crippen molar-refractivity contribution in [3.05, 3.63) is 57.8 Å². The van der Waals surface area contributed by atoms with Crippen molar-refractivity contribution in [1.29, 1.82) is 0 Å². The molecule has 108 valence electrons. The molecular formula is C18H25NS. The van der Waals surface area contributed by atoms with Crippen molar-refractivity contribution in [1.82, 2.24) is 5.32 Å². The standard InChI is InChI=1S/C18H25NS/c1-4-15-11-12-16(20-15)13-18(19-3)17(5-2)14-9-7-6-8-10-14/h6-12,17-19H,4-5,13H2,1-3H3. The molecular weight excluding hydrogens is 262 g/mol. The van der Waals surface area contributed by atoms with Crippen LogP contribution in [0.4, 0.5) is 0 Å². The Balaban J connectivity index is 2.13. The van der Waals surface area contributed by atoms with Crippen molar-refractivity contribution >= 4 is 11.3 Å². The quantitative estimate of drug-likeness (QED) is 0.782. The Morgan fingerprint density at radius 2 is 1.70 bits per heavy atom. The monoisotopic (exact) mass is 287 g/mol. The zero-order chi connectivity index (χ0) is 14.4. The van der Waals surface area contributed by atoms with Gasteiger partial charge in [-0.2, -0.15) is 0 Å². The Morgan fingerprint density at radius 1 is 1.00 bits per heavy atom. The Morgan fingerprint density at radius 3 is 2.25 bits per heavy atom. The first-order valence-electron chi connectivity index (χ1n) is 7.58. The highest BCUT2D eigenvalue weighted by molar-refractivity contribution is 7.11. The molecule has 0 aliphatic rings. The fourth-order valence-corrected chi connectivity index (χ4v) is 3.85. The van der Waals surface area contributed by atoms with Gasteiger partial charge in [-0.3, -0.25) is 0 Å². The predicted octanol–water partition coefficient (Wildman–Crippen LogP) is 4.63. The van der Waals surface area contributed by atoms with Crippen molar-refractivity contribution in [3.63, 3.8) is 0 Å². The van der Waals surface area contributed by atoms with E-state index >= 15 is 0 Å². The molecule has 0 aliphatic heterocycles. The first kappa shape index (κ1) is 15.3. The van der Waals surface area contributed by atoms with Crippen molar-refractivity contribution in [2.45, 2.75) is 45.1 Å². The van der Waals surface area contributed by atoms with E-state index in [9.17, 15) is 0 Å². The van der Waals surface area contributed by atoms with Crippen LogP contribution >= 0.6 is 11.3 Å². The van der Waals surface area contributed by atoms with E-state index in [2.05, 4.69) is 68.7 Å². The molecule has 1 heterocycles. The topological polar surface area (TPSA) is 12.0 Å². The lowest BCUT2D eigenvalue weighted by atomic mass is 9.87. The third kappa shape index (κ3) is 3.71. The second-order valence-electron chi connectivity index (χ2n) is 5.25. The van der Waals surface area contributed by atoms with Gasteiger partial charge in [0.05, 0.1) is 0 Å². The summed E-state index contributed by atoms with van der Waals surface area (Å²) < 4.78 is 0. The van der Waals surface area contributed by atoms with E-state index in [4.69, 9.17) is 0 Å². The highest BCUT2D eigenvalue weighted by Crippen LogP contribution is 2.27. The fourth-order valence-electron chi connectivity index (χ4n) is 2.84. The number of thiophene rings is 1. The highest BCUT2D eigenvalue weighted by atomic mass is 32.1. The number of rotatable bonds is 7. The van der Waals surface area contributed by atoms with E-state index in [1.165, 1.54) is 21.7 Å². The lowest BCUT2D eigenvalue weighted by Crippen LogP contribution is -2.33. The molecule has 2 unspecified atom stereocenters. The van der Waals surface area contributed by atoms with E-state index in [1.807, 2.05) is 11.3 Å². The Labute approximate surface area is 127 Å². The summed E-state index contributed by atoms with van der Waals surface area (Å²) in [7, 11) is 2.09. The summed E-state index contributed by atoms with van der Waals surface area (Å²) in [6, 6.07) is 16.0. The average Bonchev–Trinajstić information content (AvgIpc) is 2.96. The molecule has 0 fully saturated rings. The molecule has 2 heteroatoms. The molecule has 1 aromatic heterocycles. The summed E-state index contributed by atoms with van der Waals surface area (Å²) in [4.78, 5) is 2.98. The molecule has 1 nitrogen and oxygen atoms in total. The van der Waals surface area contributed by atoms with Gasteiger partial charge in [-0.1, -0.05) is 44.2 Å². The van der Waals surface area contributed by atoms with Crippen LogP contribution in [0.1, 0.15) is 41.5 Å². The smallest absolute Gasteiger partial charge is 0.0181 e. The summed E-state index contributed by atoms with van der Waals surface area (Å²) in [6.45, 7) is 4.51. The van der Waals surface area contributed by atoms with Crippen molar-refractivity contribution in [2.75, 3.05) is 7.05 Å². The maximum Gasteiger partial charge on any atom is 0.0181 e. The zero-order valence-corrected chi connectivity index (χ0v) is 13.5. The number of benzene rings is 1. The second kappa shape index (κ2) is 7.61. The Bertz CT molecular complexity index is 503. The molecule has 2 rings (SSSR count). The van der Waals surface area contributed by atoms with Crippen LogP contribution in [0.25, 0.3) is 0 Å². The fraction of sp³-hybridized carbons (Fsp3) is 0.444. The molecule has 2 aromatic rings. The minimum atomic E-state index is 0.505. The lowest BCUT2D eigenvalue weighted by Gasteiger charge is -2.26. The molecule has 1 N–H and O–H groups in total. The predicted molar refractivity (Wildman–Crippen MR) is 89.7 cm³/mol. The average molecular weight is 287 g/mol. The minimum Gasteiger partial charge on any atom is -0.316 e. The summed E-state index contributed by atoms with van der Waals surface area (Å²) in [6.07, 6.45) is 3.43. The van der Waals surface area contributed by atoms with Gasteiger partial charge in [0.1, 0.15) is 0 Å². The first-order valence-corrected chi connectivity index (χ1v) is 8.39. The van der Waals surface area contributed by atoms with Gasteiger partial charge in [-0.05, 0) is 49.9 Å². The maximum absolute atomic E-state index is 3.53. The lowest BCUT2D eigenvalue weighted by molar-refractivity contribution is 0.451. The van der Waals surface area contributed by atoms with Gasteiger partial charge < -0.3 is 5.32 Å². The molecule has 0 saturated carbocycles. The van der Waals surface area contributed by atoms with E-state index in [1.54, 1.807) is 0 Å². The van der Waals surface area contributed by atoms with Crippen LogP contribution in [-0.4, -0.2) is 13.1 Å². The van der Waals surface area contributed by atoms with Gasteiger partial charge in [0.15, 0.2) is 0 Å². The molecule has 2 atom stereocenters. The Kier molecular flexibility index (Phi) is 5.81. The zero-order valence-electron chi connectivity index (χ0n) is 12.7. The van der Waals surface area contributed by atoms with E-state index in [0.717, 1.165) is 12.8 Å². The van der Waals surface area contributed by atoms with Gasteiger partial charge in [0.25, 0.3) is 0 Å². The van der Waals surface area contributed by atoms with Crippen LogP contribution in [0.2, 0.25) is 0 Å². The maximum atomic E-state index is 3.53. The second-order valence-corrected chi connectivity index (χ2v) is 6.50. The van der Waals surface area contributed by atoms with Crippen molar-refractivity contribution in [3.8, 4) is 0 Å². The van der Waals surface area contributed by atoms with E-state index < -0.39 is 0 Å². The summed E-state index contributed by atoms with van der Waals surface area (Å²) >= 11 is 1.96. The summed E-state index contributed by atoms with van der Waals surface area (Å²) in [5.74, 6) is 0.577. The van der Waals surface area contributed by atoms with Gasteiger partial charge in [-0.25, -0.2) is 0 Å². The molecule has 0 saturated heterocycles. The third-order valence-electron chi connectivity index (χ3n) is 4.01. The van der Waals surface area contributed by atoms with Gasteiger partial charge in [-0.15, -0.1) is 11.3 Å². The van der Waals surface area contributed by atoms with E-state index in [0.29, 0.717) is 12.0 Å². The molecule has 0 amide bonds. The molecule has 0 bridgehead atoms. The van der Waals surface area contributed by atoms with Gasteiger partial charge >= 0.3 is 0 Å². The summed E-state index contributed by atoms with van der Waals surface area (Å²) in [5.41, 5.74) is 1.45. The molecule has 20 heavy (non-hydrogen) atoms. The van der Waals surface area contributed by atoms with Crippen LogP contribution in [-0.2, 0) is 12.8 Å². The van der Waals surface area contributed by atoms with Crippen LogP contribution < -0.4 is 5.32 Å². The number of aryl methyl sites for hydroxylation is 1. The normalized spacial score (nSPS) is 14.2. The number of likely N-dealkylation sites (N-methyl/N-ethyl adjacent to an activating group) is 1. The van der Waals surface area contributed by atoms with Crippen molar-refractivity contribution < 1.29 is 0 Å². The van der Waals surface area contributed by atoms with Crippen LogP contribution in [0.5, 0.6) is 0 Å². The third-order valence-corrected chi connectivity index (χ3v) is 5.26. The summed E-state index contributed by atoms with van der Waals surface area (Å²) in [5, 5.41) is 3.53. The number of nitrogens with one attached hydrogen (secondary N) is 1. The van der Waals surface area contributed by atoms with Crippen LogP contribution in [0.3, 0.4) is 0 Å². The largest absolute Gasteiger partial charge is 0.316 e. The van der Waals surface area contributed by atoms with Gasteiger partial charge in [0, 0.05) is 15.8 Å². The van der Waals surface area contributed by atoms with Crippen LogP contribution in [0.15, 0.2) is 42.5 Å². The highest BCUT2D eigenvalue weighted by Gasteiger charge is 2.21. The molecule has 0 aliphatic carbocycles. The van der Waals surface area contributed by atoms with E-state index in [-0.39, 0.29) is 0 Å². The molecule has 0 radical (unpaired) electrons.